The number of hydrogen-bond acceptors (Lipinski definition) is 1. The van der Waals surface area contributed by atoms with E-state index < -0.39 is 11.6 Å². The molecule has 0 fully saturated rings. The summed E-state index contributed by atoms with van der Waals surface area (Å²) in [6, 6.07) is 19.1. The molecular formula is C25H22F2O. The lowest BCUT2D eigenvalue weighted by Gasteiger charge is -2.05. The number of benzene rings is 3. The highest BCUT2D eigenvalue weighted by atomic mass is 19.2. The maximum atomic E-state index is 14.1. The molecule has 3 rings (SSSR count). The standard InChI is InChI=1S/C25H22F2O/c1-3-5-18-6-11-20(12-7-18)21-13-8-19(9-14-21)10-15-22-16-17-23(28-4-2)25(27)24(22)26/h6-9,11-14,16-17H,3-5H2,1-2H3. The molecule has 0 bridgehead atoms. The Morgan fingerprint density at radius 3 is 2.00 bits per heavy atom. The van der Waals surface area contributed by atoms with Crippen molar-refractivity contribution >= 4 is 0 Å². The van der Waals surface area contributed by atoms with Gasteiger partial charge in [0.2, 0.25) is 5.82 Å². The summed E-state index contributed by atoms with van der Waals surface area (Å²) in [6.07, 6.45) is 2.21. The molecule has 0 aromatic heterocycles. The average Bonchev–Trinajstić information content (AvgIpc) is 2.72. The van der Waals surface area contributed by atoms with Crippen LogP contribution in [0.15, 0.2) is 60.7 Å². The van der Waals surface area contributed by atoms with Crippen molar-refractivity contribution < 1.29 is 13.5 Å². The second kappa shape index (κ2) is 9.19. The number of rotatable bonds is 5. The van der Waals surface area contributed by atoms with Gasteiger partial charge >= 0.3 is 0 Å². The van der Waals surface area contributed by atoms with Crippen LogP contribution in [-0.4, -0.2) is 6.61 Å². The molecule has 0 saturated carbocycles. The van der Waals surface area contributed by atoms with Gasteiger partial charge in [0, 0.05) is 5.56 Å². The van der Waals surface area contributed by atoms with Crippen LogP contribution in [0.25, 0.3) is 11.1 Å². The molecule has 0 N–H and O–H groups in total. The Labute approximate surface area is 165 Å². The van der Waals surface area contributed by atoms with Gasteiger partial charge in [0.25, 0.3) is 0 Å². The van der Waals surface area contributed by atoms with Crippen LogP contribution >= 0.6 is 0 Å². The third-order valence-corrected chi connectivity index (χ3v) is 4.40. The Morgan fingerprint density at radius 2 is 1.39 bits per heavy atom. The van der Waals surface area contributed by atoms with Crippen molar-refractivity contribution in [1.29, 1.82) is 0 Å². The summed E-state index contributed by atoms with van der Waals surface area (Å²) in [5.74, 6) is 3.50. The minimum atomic E-state index is -1.00. The fraction of sp³-hybridized carbons (Fsp3) is 0.200. The summed E-state index contributed by atoms with van der Waals surface area (Å²) in [4.78, 5) is 0. The van der Waals surface area contributed by atoms with Gasteiger partial charge in [0.05, 0.1) is 12.2 Å². The van der Waals surface area contributed by atoms with Crippen molar-refractivity contribution in [3.05, 3.63) is 89.0 Å². The minimum Gasteiger partial charge on any atom is -0.491 e. The highest BCUT2D eigenvalue weighted by Crippen LogP contribution is 2.23. The lowest BCUT2D eigenvalue weighted by molar-refractivity contribution is 0.314. The molecule has 3 heteroatoms. The van der Waals surface area contributed by atoms with E-state index >= 15 is 0 Å². The first-order chi connectivity index (χ1) is 13.6. The minimum absolute atomic E-state index is 0.0107. The summed E-state index contributed by atoms with van der Waals surface area (Å²) < 4.78 is 33.1. The first-order valence-corrected chi connectivity index (χ1v) is 9.44. The second-order valence-electron chi connectivity index (χ2n) is 6.45. The first kappa shape index (κ1) is 19.6. The molecule has 0 heterocycles. The van der Waals surface area contributed by atoms with Gasteiger partial charge in [-0.05, 0) is 54.3 Å². The molecule has 0 aliphatic heterocycles. The van der Waals surface area contributed by atoms with Crippen molar-refractivity contribution in [2.75, 3.05) is 6.61 Å². The smallest absolute Gasteiger partial charge is 0.201 e. The van der Waals surface area contributed by atoms with Crippen LogP contribution in [0.3, 0.4) is 0 Å². The van der Waals surface area contributed by atoms with Crippen molar-refractivity contribution in [2.45, 2.75) is 26.7 Å². The van der Waals surface area contributed by atoms with E-state index in [2.05, 4.69) is 43.0 Å². The molecule has 0 aliphatic rings. The monoisotopic (exact) mass is 376 g/mol. The Hall–Kier alpha value is -3.12. The third-order valence-electron chi connectivity index (χ3n) is 4.40. The summed E-state index contributed by atoms with van der Waals surface area (Å²) in [5, 5.41) is 0. The molecule has 0 atom stereocenters. The van der Waals surface area contributed by atoms with Gasteiger partial charge in [0.1, 0.15) is 0 Å². The van der Waals surface area contributed by atoms with E-state index in [0.29, 0.717) is 0 Å². The molecule has 0 saturated heterocycles. The van der Waals surface area contributed by atoms with Crippen molar-refractivity contribution in [3.8, 4) is 28.7 Å². The van der Waals surface area contributed by atoms with Gasteiger partial charge in [-0.25, -0.2) is 4.39 Å². The van der Waals surface area contributed by atoms with Gasteiger partial charge in [0.15, 0.2) is 11.6 Å². The summed E-state index contributed by atoms with van der Waals surface area (Å²) in [7, 11) is 0. The van der Waals surface area contributed by atoms with Crippen LogP contribution in [0.2, 0.25) is 0 Å². The van der Waals surface area contributed by atoms with E-state index in [1.54, 1.807) is 6.92 Å². The van der Waals surface area contributed by atoms with Gasteiger partial charge in [-0.1, -0.05) is 61.6 Å². The van der Waals surface area contributed by atoms with Crippen LogP contribution < -0.4 is 4.74 Å². The Kier molecular flexibility index (Phi) is 6.45. The lowest BCUT2D eigenvalue weighted by Crippen LogP contribution is -1.98. The van der Waals surface area contributed by atoms with Crippen molar-refractivity contribution in [3.63, 3.8) is 0 Å². The third kappa shape index (κ3) is 4.58. The Balaban J connectivity index is 1.77. The van der Waals surface area contributed by atoms with Gasteiger partial charge < -0.3 is 4.74 Å². The maximum Gasteiger partial charge on any atom is 0.201 e. The van der Waals surface area contributed by atoms with E-state index in [9.17, 15) is 8.78 Å². The molecule has 0 amide bonds. The summed E-state index contributed by atoms with van der Waals surface area (Å²) in [6.45, 7) is 4.16. The molecule has 0 unspecified atom stereocenters. The number of halogens is 2. The van der Waals surface area contributed by atoms with Crippen LogP contribution in [0.5, 0.6) is 5.75 Å². The van der Waals surface area contributed by atoms with E-state index in [1.807, 2.05) is 24.3 Å². The fourth-order valence-electron chi connectivity index (χ4n) is 2.93. The van der Waals surface area contributed by atoms with E-state index in [-0.39, 0.29) is 17.9 Å². The number of hydrogen-bond donors (Lipinski definition) is 0. The Morgan fingerprint density at radius 1 is 0.750 bits per heavy atom. The van der Waals surface area contributed by atoms with Crippen molar-refractivity contribution in [2.24, 2.45) is 0 Å². The lowest BCUT2D eigenvalue weighted by atomic mass is 10.0. The van der Waals surface area contributed by atoms with Crippen LogP contribution in [0.1, 0.15) is 37.0 Å². The fourth-order valence-corrected chi connectivity index (χ4v) is 2.93. The van der Waals surface area contributed by atoms with Crippen LogP contribution in [0, 0.1) is 23.5 Å². The highest BCUT2D eigenvalue weighted by Gasteiger charge is 2.12. The first-order valence-electron chi connectivity index (χ1n) is 9.44. The zero-order valence-electron chi connectivity index (χ0n) is 16.1. The zero-order chi connectivity index (χ0) is 19.9. The predicted molar refractivity (Wildman–Crippen MR) is 109 cm³/mol. The summed E-state index contributed by atoms with van der Waals surface area (Å²) in [5.41, 5.74) is 4.31. The molecule has 1 nitrogen and oxygen atoms in total. The molecule has 28 heavy (non-hydrogen) atoms. The normalized spacial score (nSPS) is 10.3. The number of aryl methyl sites for hydroxylation is 1. The zero-order valence-corrected chi connectivity index (χ0v) is 16.1. The SMILES string of the molecule is CCCc1ccc(-c2ccc(C#Cc3ccc(OCC)c(F)c3F)cc2)cc1. The number of ether oxygens (including phenoxy) is 1. The molecule has 142 valence electrons. The van der Waals surface area contributed by atoms with E-state index in [0.717, 1.165) is 29.5 Å². The van der Waals surface area contributed by atoms with Crippen LogP contribution in [0.4, 0.5) is 8.78 Å². The maximum absolute atomic E-state index is 14.1. The average molecular weight is 376 g/mol. The molecule has 0 spiro atoms. The molecule has 3 aromatic rings. The quantitative estimate of drug-likeness (QED) is 0.469. The topological polar surface area (TPSA) is 9.23 Å². The summed E-state index contributed by atoms with van der Waals surface area (Å²) >= 11 is 0. The predicted octanol–water partition coefficient (Wildman–Crippen LogP) is 6.38. The van der Waals surface area contributed by atoms with E-state index in [1.165, 1.54) is 17.7 Å². The second-order valence-corrected chi connectivity index (χ2v) is 6.45. The van der Waals surface area contributed by atoms with Crippen LogP contribution in [-0.2, 0) is 6.42 Å². The van der Waals surface area contributed by atoms with Gasteiger partial charge in [-0.2, -0.15) is 4.39 Å². The molecule has 3 aromatic carbocycles. The van der Waals surface area contributed by atoms with Gasteiger partial charge in [-0.15, -0.1) is 0 Å². The van der Waals surface area contributed by atoms with Gasteiger partial charge in [-0.3, -0.25) is 0 Å². The largest absolute Gasteiger partial charge is 0.491 e. The molecule has 0 aliphatic carbocycles. The molecular weight excluding hydrogens is 354 g/mol. The van der Waals surface area contributed by atoms with E-state index in [4.69, 9.17) is 4.74 Å². The Bertz CT molecular complexity index is 994. The van der Waals surface area contributed by atoms with Crippen molar-refractivity contribution in [1.82, 2.24) is 0 Å². The molecule has 0 radical (unpaired) electrons. The highest BCUT2D eigenvalue weighted by molar-refractivity contribution is 5.64.